The van der Waals surface area contributed by atoms with Gasteiger partial charge in [-0.3, -0.25) is 14.4 Å². The van der Waals surface area contributed by atoms with Crippen molar-refractivity contribution in [3.8, 4) is 0 Å². The maximum absolute atomic E-state index is 12.9. The molecule has 10 heteroatoms. The zero-order chi connectivity index (χ0) is 23.6. The van der Waals surface area contributed by atoms with E-state index in [0.29, 0.717) is 52.6 Å². The van der Waals surface area contributed by atoms with Crippen LogP contribution < -0.4 is 0 Å². The highest BCUT2D eigenvalue weighted by Gasteiger charge is 2.25. The normalized spacial score (nSPS) is 10.9. The van der Waals surface area contributed by atoms with Gasteiger partial charge in [-0.05, 0) is 5.92 Å². The van der Waals surface area contributed by atoms with Gasteiger partial charge in [0.05, 0.1) is 26.4 Å². The highest BCUT2D eigenvalue weighted by Crippen LogP contribution is 2.07. The van der Waals surface area contributed by atoms with Crippen LogP contribution >= 0.6 is 0 Å². The lowest BCUT2D eigenvalue weighted by atomic mass is 10.1. The summed E-state index contributed by atoms with van der Waals surface area (Å²) >= 11 is 0. The number of hydrogen-bond acceptors (Lipinski definition) is 7. The molecule has 0 saturated heterocycles. The van der Waals surface area contributed by atoms with E-state index in [0.717, 1.165) is 0 Å². The van der Waals surface area contributed by atoms with Gasteiger partial charge in [0, 0.05) is 61.0 Å². The maximum atomic E-state index is 12.9. The first-order valence-corrected chi connectivity index (χ1v) is 10.6. The molecule has 0 fully saturated rings. The summed E-state index contributed by atoms with van der Waals surface area (Å²) in [6, 6.07) is 0. The minimum absolute atomic E-state index is 0.108. The molecule has 0 radical (unpaired) electrons. The smallest absolute Gasteiger partial charge is 0.242 e. The van der Waals surface area contributed by atoms with Gasteiger partial charge in [0.25, 0.3) is 0 Å². The van der Waals surface area contributed by atoms with Crippen molar-refractivity contribution in [3.63, 3.8) is 0 Å². The minimum atomic E-state index is -0.251. The summed E-state index contributed by atoms with van der Waals surface area (Å²) in [5.41, 5.74) is 0. The standard InChI is InChI=1S/C21H41N3O7/c1-18(2)15-19(25)24(16-20(26)22(7-11-28-3)8-12-29-4)17-21(27)23(9-13-30-5)10-14-31-6/h18H,7-17H2,1-6H3. The van der Waals surface area contributed by atoms with E-state index in [1.165, 1.54) is 4.90 Å². The van der Waals surface area contributed by atoms with Crippen LogP contribution in [-0.2, 0) is 33.3 Å². The van der Waals surface area contributed by atoms with E-state index in [1.807, 2.05) is 13.8 Å². The first kappa shape index (κ1) is 29.2. The summed E-state index contributed by atoms with van der Waals surface area (Å²) in [5, 5.41) is 0. The van der Waals surface area contributed by atoms with Crippen molar-refractivity contribution in [2.45, 2.75) is 20.3 Å². The van der Waals surface area contributed by atoms with Crippen molar-refractivity contribution in [2.75, 3.05) is 94.1 Å². The van der Waals surface area contributed by atoms with Gasteiger partial charge in [0.15, 0.2) is 0 Å². The lowest BCUT2D eigenvalue weighted by Crippen LogP contribution is -2.49. The Kier molecular flexibility index (Phi) is 16.9. The van der Waals surface area contributed by atoms with Crippen LogP contribution in [-0.4, -0.2) is 127 Å². The molecule has 0 saturated carbocycles. The molecule has 0 atom stereocenters. The van der Waals surface area contributed by atoms with Crippen molar-refractivity contribution in [2.24, 2.45) is 5.92 Å². The van der Waals surface area contributed by atoms with Crippen molar-refractivity contribution < 1.29 is 33.3 Å². The second kappa shape index (κ2) is 17.9. The molecule has 0 aromatic carbocycles. The molecule has 0 aliphatic carbocycles. The SMILES string of the molecule is COCCN(CCOC)C(=O)CN(CC(=O)N(CCOC)CCOC)C(=O)CC(C)C. The predicted octanol–water partition coefficient (Wildman–Crippen LogP) is 0.104. The van der Waals surface area contributed by atoms with Gasteiger partial charge in [0.1, 0.15) is 13.1 Å². The summed E-state index contributed by atoms with van der Waals surface area (Å²) in [6.45, 7) is 6.51. The Morgan fingerprint density at radius 3 is 1.16 bits per heavy atom. The van der Waals surface area contributed by atoms with Crippen LogP contribution in [0.25, 0.3) is 0 Å². The van der Waals surface area contributed by atoms with Crippen molar-refractivity contribution in [3.05, 3.63) is 0 Å². The van der Waals surface area contributed by atoms with Crippen molar-refractivity contribution in [1.82, 2.24) is 14.7 Å². The second-order valence-corrected chi connectivity index (χ2v) is 7.58. The topological polar surface area (TPSA) is 97.9 Å². The zero-order valence-electron chi connectivity index (χ0n) is 20.1. The number of ether oxygens (including phenoxy) is 4. The van der Waals surface area contributed by atoms with Gasteiger partial charge < -0.3 is 33.6 Å². The van der Waals surface area contributed by atoms with Gasteiger partial charge in [0.2, 0.25) is 17.7 Å². The van der Waals surface area contributed by atoms with Crippen molar-refractivity contribution >= 4 is 17.7 Å². The molecule has 0 aromatic heterocycles. The number of hydrogen-bond donors (Lipinski definition) is 0. The van der Waals surface area contributed by atoms with Gasteiger partial charge >= 0.3 is 0 Å². The van der Waals surface area contributed by atoms with Crippen LogP contribution in [0.5, 0.6) is 0 Å². The fourth-order valence-electron chi connectivity index (χ4n) is 2.77. The van der Waals surface area contributed by atoms with Crippen LogP contribution in [0.15, 0.2) is 0 Å². The third-order valence-electron chi connectivity index (χ3n) is 4.55. The Morgan fingerprint density at radius 1 is 0.581 bits per heavy atom. The Bertz CT molecular complexity index is 467. The third-order valence-corrected chi connectivity index (χ3v) is 4.55. The quantitative estimate of drug-likeness (QED) is 0.294. The molecule has 0 rings (SSSR count). The van der Waals surface area contributed by atoms with Gasteiger partial charge in [-0.1, -0.05) is 13.8 Å². The average Bonchev–Trinajstić information content (AvgIpc) is 2.72. The summed E-state index contributed by atoms with van der Waals surface area (Å²) in [7, 11) is 6.24. The zero-order valence-corrected chi connectivity index (χ0v) is 20.1. The molecular formula is C21H41N3O7. The molecule has 0 N–H and O–H groups in total. The largest absolute Gasteiger partial charge is 0.383 e. The Labute approximate surface area is 186 Å². The molecule has 0 aromatic rings. The number of rotatable bonds is 18. The third kappa shape index (κ3) is 13.3. The molecular weight excluding hydrogens is 406 g/mol. The Hall–Kier alpha value is -1.75. The van der Waals surface area contributed by atoms with E-state index in [4.69, 9.17) is 18.9 Å². The molecule has 0 spiro atoms. The summed E-state index contributed by atoms with van der Waals surface area (Å²) in [5.74, 6) is -0.622. The Balaban J connectivity index is 5.35. The molecule has 3 amide bonds. The molecule has 0 aliphatic heterocycles. The lowest BCUT2D eigenvalue weighted by molar-refractivity contribution is -0.146. The molecule has 31 heavy (non-hydrogen) atoms. The number of carbonyl (C=O) groups is 3. The lowest BCUT2D eigenvalue weighted by Gasteiger charge is -2.30. The first-order valence-electron chi connectivity index (χ1n) is 10.6. The molecule has 0 unspecified atom stereocenters. The minimum Gasteiger partial charge on any atom is -0.383 e. The second-order valence-electron chi connectivity index (χ2n) is 7.58. The summed E-state index contributed by atoms with van der Waals surface area (Å²) in [4.78, 5) is 43.1. The van der Waals surface area contributed by atoms with Gasteiger partial charge in [-0.2, -0.15) is 0 Å². The number of methoxy groups -OCH3 is 4. The monoisotopic (exact) mass is 447 g/mol. The van der Waals surface area contributed by atoms with E-state index in [-0.39, 0.29) is 43.1 Å². The van der Waals surface area contributed by atoms with E-state index in [2.05, 4.69) is 0 Å². The molecule has 0 heterocycles. The van der Waals surface area contributed by atoms with Crippen LogP contribution in [0.1, 0.15) is 20.3 Å². The predicted molar refractivity (Wildman–Crippen MR) is 117 cm³/mol. The number of amides is 3. The summed E-state index contributed by atoms with van der Waals surface area (Å²) in [6.07, 6.45) is 0.257. The van der Waals surface area contributed by atoms with Crippen LogP contribution in [0.4, 0.5) is 0 Å². The van der Waals surface area contributed by atoms with Gasteiger partial charge in [-0.15, -0.1) is 0 Å². The molecule has 0 aliphatic rings. The highest BCUT2D eigenvalue weighted by molar-refractivity contribution is 5.89. The number of carbonyl (C=O) groups excluding carboxylic acids is 3. The van der Waals surface area contributed by atoms with E-state index < -0.39 is 0 Å². The fraction of sp³-hybridized carbons (Fsp3) is 0.857. The average molecular weight is 448 g/mol. The van der Waals surface area contributed by atoms with Gasteiger partial charge in [-0.25, -0.2) is 0 Å². The highest BCUT2D eigenvalue weighted by atomic mass is 16.5. The molecule has 0 bridgehead atoms. The van der Waals surface area contributed by atoms with Crippen LogP contribution in [0, 0.1) is 5.92 Å². The molecule has 10 nitrogen and oxygen atoms in total. The maximum Gasteiger partial charge on any atom is 0.242 e. The van der Waals surface area contributed by atoms with Crippen LogP contribution in [0.2, 0.25) is 0 Å². The number of nitrogens with zero attached hydrogens (tertiary/aromatic N) is 3. The van der Waals surface area contributed by atoms with Crippen LogP contribution in [0.3, 0.4) is 0 Å². The van der Waals surface area contributed by atoms with E-state index in [1.54, 1.807) is 38.2 Å². The first-order chi connectivity index (χ1) is 14.8. The molecule has 182 valence electrons. The van der Waals surface area contributed by atoms with Crippen molar-refractivity contribution in [1.29, 1.82) is 0 Å². The fourth-order valence-corrected chi connectivity index (χ4v) is 2.77. The Morgan fingerprint density at radius 2 is 0.903 bits per heavy atom. The van der Waals surface area contributed by atoms with E-state index in [9.17, 15) is 14.4 Å². The summed E-state index contributed by atoms with van der Waals surface area (Å²) < 4.78 is 20.3. The van der Waals surface area contributed by atoms with E-state index >= 15 is 0 Å².